The molecule has 0 aliphatic carbocycles. The van der Waals surface area contributed by atoms with E-state index < -0.39 is 0 Å². The zero-order valence-corrected chi connectivity index (χ0v) is 21.7. The number of aromatic nitrogens is 2. The van der Waals surface area contributed by atoms with Crippen molar-refractivity contribution in [1.82, 2.24) is 9.13 Å². The van der Waals surface area contributed by atoms with Crippen LogP contribution in [0.4, 0.5) is 0 Å². The van der Waals surface area contributed by atoms with E-state index in [4.69, 9.17) is 0 Å². The minimum absolute atomic E-state index is 1.17. The number of aryl methyl sites for hydroxylation is 1. The van der Waals surface area contributed by atoms with E-state index in [9.17, 15) is 0 Å². The first-order valence-corrected chi connectivity index (χ1v) is 13.4. The maximum atomic E-state index is 2.42. The van der Waals surface area contributed by atoms with Crippen molar-refractivity contribution in [2.24, 2.45) is 7.05 Å². The second-order valence-electron chi connectivity index (χ2n) is 10.3. The molecular formula is C37H26N2. The summed E-state index contributed by atoms with van der Waals surface area (Å²) < 4.78 is 4.73. The molecule has 0 fully saturated rings. The number of rotatable bonds is 3. The van der Waals surface area contributed by atoms with Crippen molar-refractivity contribution in [2.45, 2.75) is 0 Å². The van der Waals surface area contributed by atoms with E-state index in [0.717, 1.165) is 0 Å². The molecule has 0 bridgehead atoms. The van der Waals surface area contributed by atoms with Gasteiger partial charge in [-0.3, -0.25) is 0 Å². The highest BCUT2D eigenvalue weighted by atomic mass is 15.0. The minimum Gasteiger partial charge on any atom is -0.344 e. The molecule has 0 unspecified atom stereocenters. The summed E-state index contributed by atoms with van der Waals surface area (Å²) in [6.45, 7) is 0. The molecule has 2 heterocycles. The van der Waals surface area contributed by atoms with Gasteiger partial charge >= 0.3 is 0 Å². The van der Waals surface area contributed by atoms with Crippen molar-refractivity contribution >= 4 is 43.6 Å². The summed E-state index contributed by atoms with van der Waals surface area (Å²) in [7, 11) is 2.17. The average molecular weight is 499 g/mol. The van der Waals surface area contributed by atoms with Crippen LogP contribution in [0.1, 0.15) is 0 Å². The van der Waals surface area contributed by atoms with Crippen LogP contribution in [0.3, 0.4) is 0 Å². The van der Waals surface area contributed by atoms with Gasteiger partial charge in [0.05, 0.1) is 16.6 Å². The van der Waals surface area contributed by atoms with Gasteiger partial charge in [-0.25, -0.2) is 0 Å². The van der Waals surface area contributed by atoms with Crippen LogP contribution in [-0.2, 0) is 7.05 Å². The molecule has 0 aliphatic rings. The summed E-state index contributed by atoms with van der Waals surface area (Å²) in [5.74, 6) is 0. The monoisotopic (exact) mass is 498 g/mol. The number of hydrogen-bond donors (Lipinski definition) is 0. The average Bonchev–Trinajstić information content (AvgIpc) is 3.49. The first-order chi connectivity index (χ1) is 19.3. The maximum absolute atomic E-state index is 2.42. The lowest BCUT2D eigenvalue weighted by atomic mass is 10.0. The maximum Gasteiger partial charge on any atom is 0.0541 e. The van der Waals surface area contributed by atoms with E-state index >= 15 is 0 Å². The topological polar surface area (TPSA) is 9.86 Å². The molecule has 2 nitrogen and oxygen atoms in total. The second-order valence-corrected chi connectivity index (χ2v) is 10.3. The highest BCUT2D eigenvalue weighted by Crippen LogP contribution is 2.38. The van der Waals surface area contributed by atoms with Crippen molar-refractivity contribution in [1.29, 1.82) is 0 Å². The minimum atomic E-state index is 1.17. The SMILES string of the molecule is Cn1c2ccccc2c2ccc(-n3c4ccc(-c5ccccc5)cc4c4cc(-c5ccccc5)ccc43)cc21. The predicted octanol–water partition coefficient (Wildman–Crippen LogP) is 9.76. The van der Waals surface area contributed by atoms with E-state index in [1.807, 2.05) is 0 Å². The number of benzene rings is 6. The summed E-state index contributed by atoms with van der Waals surface area (Å²) in [4.78, 5) is 0. The van der Waals surface area contributed by atoms with Crippen LogP contribution in [0, 0.1) is 0 Å². The van der Waals surface area contributed by atoms with E-state index in [1.165, 1.54) is 71.6 Å². The van der Waals surface area contributed by atoms with Crippen LogP contribution in [0.25, 0.3) is 71.6 Å². The van der Waals surface area contributed by atoms with E-state index in [0.29, 0.717) is 0 Å². The van der Waals surface area contributed by atoms with Gasteiger partial charge in [-0.1, -0.05) is 97.1 Å². The van der Waals surface area contributed by atoms with Gasteiger partial charge in [0.25, 0.3) is 0 Å². The predicted molar refractivity (Wildman–Crippen MR) is 166 cm³/mol. The largest absolute Gasteiger partial charge is 0.344 e. The Morgan fingerprint density at radius 1 is 0.359 bits per heavy atom. The molecule has 0 aliphatic heterocycles. The highest BCUT2D eigenvalue weighted by molar-refractivity contribution is 6.13. The molecule has 0 spiro atoms. The fourth-order valence-electron chi connectivity index (χ4n) is 6.21. The highest BCUT2D eigenvalue weighted by Gasteiger charge is 2.16. The number of nitrogens with zero attached hydrogens (tertiary/aromatic N) is 2. The lowest BCUT2D eigenvalue weighted by molar-refractivity contribution is 1.01. The molecule has 0 N–H and O–H groups in total. The van der Waals surface area contributed by atoms with Crippen molar-refractivity contribution in [2.75, 3.05) is 0 Å². The summed E-state index contributed by atoms with van der Waals surface area (Å²) in [5, 5.41) is 5.11. The summed E-state index contributed by atoms with van der Waals surface area (Å²) in [6.07, 6.45) is 0. The van der Waals surface area contributed by atoms with E-state index in [-0.39, 0.29) is 0 Å². The Morgan fingerprint density at radius 2 is 0.897 bits per heavy atom. The fraction of sp³-hybridized carbons (Fsp3) is 0.0270. The first kappa shape index (κ1) is 22.0. The van der Waals surface area contributed by atoms with Crippen LogP contribution in [0.5, 0.6) is 0 Å². The number of hydrogen-bond acceptors (Lipinski definition) is 0. The molecule has 39 heavy (non-hydrogen) atoms. The molecule has 2 heteroatoms. The first-order valence-electron chi connectivity index (χ1n) is 13.4. The van der Waals surface area contributed by atoms with E-state index in [2.05, 4.69) is 156 Å². The molecule has 184 valence electrons. The van der Waals surface area contributed by atoms with Gasteiger partial charge in [-0.15, -0.1) is 0 Å². The van der Waals surface area contributed by atoms with E-state index in [1.54, 1.807) is 0 Å². The zero-order chi connectivity index (χ0) is 25.9. The van der Waals surface area contributed by atoms with Gasteiger partial charge in [0.1, 0.15) is 0 Å². The molecule has 2 aromatic heterocycles. The van der Waals surface area contributed by atoms with Crippen molar-refractivity contribution < 1.29 is 0 Å². The third-order valence-electron chi connectivity index (χ3n) is 8.14. The Balaban J connectivity index is 1.43. The Labute approximate surface area is 227 Å². The van der Waals surface area contributed by atoms with Crippen LogP contribution >= 0.6 is 0 Å². The molecule has 0 amide bonds. The number of para-hydroxylation sites is 1. The van der Waals surface area contributed by atoms with Gasteiger partial charge < -0.3 is 9.13 Å². The van der Waals surface area contributed by atoms with Crippen molar-refractivity contribution in [3.63, 3.8) is 0 Å². The number of fused-ring (bicyclic) bond motifs is 6. The van der Waals surface area contributed by atoms with Crippen molar-refractivity contribution in [3.8, 4) is 27.9 Å². The van der Waals surface area contributed by atoms with Gasteiger partial charge in [-0.05, 0) is 64.7 Å². The molecule has 0 saturated heterocycles. The normalized spacial score (nSPS) is 11.7. The Morgan fingerprint density at radius 3 is 1.51 bits per heavy atom. The van der Waals surface area contributed by atoms with Crippen LogP contribution in [0.2, 0.25) is 0 Å². The molecule has 6 aromatic carbocycles. The zero-order valence-electron chi connectivity index (χ0n) is 21.7. The Bertz CT molecular complexity index is 2070. The standard InChI is InChI=1S/C37H26N2/c1-38-34-15-9-8-14-30(34)31-19-18-29(24-37(31)38)39-35-20-16-27(25-10-4-2-5-11-25)22-32(35)33-23-28(17-21-36(33)39)26-12-6-3-7-13-26/h2-24H,1H3. The third-order valence-corrected chi connectivity index (χ3v) is 8.14. The van der Waals surface area contributed by atoms with Crippen LogP contribution < -0.4 is 0 Å². The van der Waals surface area contributed by atoms with Crippen LogP contribution in [0.15, 0.2) is 140 Å². The Hall–Kier alpha value is -5.08. The molecule has 0 atom stereocenters. The molecular weight excluding hydrogens is 472 g/mol. The second kappa shape index (κ2) is 8.47. The van der Waals surface area contributed by atoms with Gasteiger partial charge in [-0.2, -0.15) is 0 Å². The molecule has 0 radical (unpaired) electrons. The van der Waals surface area contributed by atoms with Gasteiger partial charge in [0.15, 0.2) is 0 Å². The smallest absolute Gasteiger partial charge is 0.0541 e. The van der Waals surface area contributed by atoms with Gasteiger partial charge in [0, 0.05) is 39.8 Å². The molecule has 8 rings (SSSR count). The molecule has 8 aromatic rings. The fourth-order valence-corrected chi connectivity index (χ4v) is 6.21. The summed E-state index contributed by atoms with van der Waals surface area (Å²) >= 11 is 0. The quantitative estimate of drug-likeness (QED) is 0.229. The lowest BCUT2D eigenvalue weighted by Crippen LogP contribution is -1.95. The summed E-state index contributed by atoms with van der Waals surface area (Å²) in [5.41, 5.74) is 11.0. The molecule has 0 saturated carbocycles. The summed E-state index contributed by atoms with van der Waals surface area (Å²) in [6, 6.07) is 50.6. The van der Waals surface area contributed by atoms with Crippen molar-refractivity contribution in [3.05, 3.63) is 140 Å². The third kappa shape index (κ3) is 3.35. The lowest BCUT2D eigenvalue weighted by Gasteiger charge is -2.10. The Kier molecular flexibility index (Phi) is 4.77. The van der Waals surface area contributed by atoms with Gasteiger partial charge in [0.2, 0.25) is 0 Å². The van der Waals surface area contributed by atoms with Crippen LogP contribution in [-0.4, -0.2) is 9.13 Å².